The Labute approximate surface area is 111 Å². The van der Waals surface area contributed by atoms with E-state index in [1.165, 1.54) is 0 Å². The molecule has 0 spiro atoms. The Hall–Kier alpha value is -1.32. The molecule has 0 saturated heterocycles. The van der Waals surface area contributed by atoms with Gasteiger partial charge in [0.2, 0.25) is 5.95 Å². The zero-order chi connectivity index (χ0) is 13.5. The summed E-state index contributed by atoms with van der Waals surface area (Å²) in [5, 5.41) is 3.23. The SMILES string of the molecule is CCCNc1nccc(N(CC(C)C)C(C)C)n1. The average molecular weight is 250 g/mol. The maximum Gasteiger partial charge on any atom is 0.224 e. The maximum atomic E-state index is 4.59. The van der Waals surface area contributed by atoms with E-state index in [0.29, 0.717) is 12.0 Å². The highest BCUT2D eigenvalue weighted by Gasteiger charge is 2.14. The predicted octanol–water partition coefficient (Wildman–Crippen LogP) is 3.17. The summed E-state index contributed by atoms with van der Waals surface area (Å²) in [6.45, 7) is 12.9. The van der Waals surface area contributed by atoms with Gasteiger partial charge in [-0.2, -0.15) is 4.98 Å². The summed E-state index contributed by atoms with van der Waals surface area (Å²) in [5.41, 5.74) is 0. The lowest BCUT2D eigenvalue weighted by atomic mass is 10.2. The monoisotopic (exact) mass is 250 g/mol. The Kier molecular flexibility index (Phi) is 5.89. The first kappa shape index (κ1) is 14.7. The molecule has 0 saturated carbocycles. The quantitative estimate of drug-likeness (QED) is 0.807. The van der Waals surface area contributed by atoms with E-state index in [-0.39, 0.29) is 0 Å². The molecule has 4 nitrogen and oxygen atoms in total. The van der Waals surface area contributed by atoms with Crippen LogP contribution in [0.3, 0.4) is 0 Å². The zero-order valence-electron chi connectivity index (χ0n) is 12.3. The molecule has 1 aromatic heterocycles. The molecule has 0 aliphatic heterocycles. The number of hydrogen-bond donors (Lipinski definition) is 1. The molecular weight excluding hydrogens is 224 g/mol. The van der Waals surface area contributed by atoms with Gasteiger partial charge in [-0.3, -0.25) is 0 Å². The van der Waals surface area contributed by atoms with E-state index in [2.05, 4.69) is 54.8 Å². The fraction of sp³-hybridized carbons (Fsp3) is 0.714. The summed E-state index contributed by atoms with van der Waals surface area (Å²) in [7, 11) is 0. The van der Waals surface area contributed by atoms with Gasteiger partial charge in [0.05, 0.1) is 0 Å². The van der Waals surface area contributed by atoms with Crippen molar-refractivity contribution in [3.63, 3.8) is 0 Å². The molecule has 0 aliphatic carbocycles. The van der Waals surface area contributed by atoms with Crippen LogP contribution in [0.1, 0.15) is 41.0 Å². The summed E-state index contributed by atoms with van der Waals surface area (Å²) < 4.78 is 0. The van der Waals surface area contributed by atoms with E-state index in [1.54, 1.807) is 0 Å². The number of nitrogens with zero attached hydrogens (tertiary/aromatic N) is 3. The van der Waals surface area contributed by atoms with Crippen LogP contribution in [0.4, 0.5) is 11.8 Å². The lowest BCUT2D eigenvalue weighted by Crippen LogP contribution is -2.35. The Morgan fingerprint density at radius 3 is 2.56 bits per heavy atom. The Balaban J connectivity index is 2.83. The molecule has 1 rings (SSSR count). The average Bonchev–Trinajstić information content (AvgIpc) is 2.33. The van der Waals surface area contributed by atoms with Gasteiger partial charge < -0.3 is 10.2 Å². The Bertz CT molecular complexity index is 349. The smallest absolute Gasteiger partial charge is 0.224 e. The van der Waals surface area contributed by atoms with Gasteiger partial charge in [0, 0.05) is 25.3 Å². The summed E-state index contributed by atoms with van der Waals surface area (Å²) in [5.74, 6) is 2.35. The van der Waals surface area contributed by atoms with Gasteiger partial charge in [-0.15, -0.1) is 0 Å². The minimum absolute atomic E-state index is 0.446. The molecule has 18 heavy (non-hydrogen) atoms. The molecule has 0 unspecified atom stereocenters. The number of rotatable bonds is 7. The second kappa shape index (κ2) is 7.19. The van der Waals surface area contributed by atoms with Crippen LogP contribution < -0.4 is 10.2 Å². The van der Waals surface area contributed by atoms with Gasteiger partial charge in [-0.25, -0.2) is 4.98 Å². The third-order valence-electron chi connectivity index (χ3n) is 2.65. The van der Waals surface area contributed by atoms with Crippen molar-refractivity contribution in [3.8, 4) is 0 Å². The first-order valence-corrected chi connectivity index (χ1v) is 6.88. The molecule has 1 N–H and O–H groups in total. The van der Waals surface area contributed by atoms with Gasteiger partial charge in [-0.1, -0.05) is 20.8 Å². The third kappa shape index (κ3) is 4.51. The molecule has 0 aliphatic rings. The van der Waals surface area contributed by atoms with Gasteiger partial charge in [0.1, 0.15) is 5.82 Å². The van der Waals surface area contributed by atoms with Crippen LogP contribution in [0.2, 0.25) is 0 Å². The highest BCUT2D eigenvalue weighted by Crippen LogP contribution is 2.17. The van der Waals surface area contributed by atoms with Crippen molar-refractivity contribution in [1.29, 1.82) is 0 Å². The van der Waals surface area contributed by atoms with Crippen molar-refractivity contribution in [3.05, 3.63) is 12.3 Å². The number of aromatic nitrogens is 2. The van der Waals surface area contributed by atoms with Crippen LogP contribution in [0.25, 0.3) is 0 Å². The largest absolute Gasteiger partial charge is 0.354 e. The van der Waals surface area contributed by atoms with E-state index in [1.807, 2.05) is 12.3 Å². The van der Waals surface area contributed by atoms with Gasteiger partial charge in [-0.05, 0) is 32.3 Å². The molecule has 1 heterocycles. The van der Waals surface area contributed by atoms with Crippen molar-refractivity contribution in [1.82, 2.24) is 9.97 Å². The maximum absolute atomic E-state index is 4.59. The summed E-state index contributed by atoms with van der Waals surface area (Å²) in [4.78, 5) is 11.2. The lowest BCUT2D eigenvalue weighted by Gasteiger charge is -2.29. The van der Waals surface area contributed by atoms with Crippen LogP contribution in [-0.2, 0) is 0 Å². The van der Waals surface area contributed by atoms with Crippen molar-refractivity contribution in [2.75, 3.05) is 23.3 Å². The summed E-state index contributed by atoms with van der Waals surface area (Å²) in [6, 6.07) is 2.43. The fourth-order valence-electron chi connectivity index (χ4n) is 1.79. The molecule has 1 aromatic rings. The van der Waals surface area contributed by atoms with Crippen LogP contribution in [-0.4, -0.2) is 29.1 Å². The van der Waals surface area contributed by atoms with Crippen LogP contribution >= 0.6 is 0 Å². The zero-order valence-corrected chi connectivity index (χ0v) is 12.3. The highest BCUT2D eigenvalue weighted by molar-refractivity contribution is 5.43. The first-order valence-electron chi connectivity index (χ1n) is 6.88. The van der Waals surface area contributed by atoms with Crippen molar-refractivity contribution in [2.45, 2.75) is 47.1 Å². The second-order valence-corrected chi connectivity index (χ2v) is 5.31. The normalized spacial score (nSPS) is 11.1. The number of anilines is 2. The fourth-order valence-corrected chi connectivity index (χ4v) is 1.79. The topological polar surface area (TPSA) is 41.1 Å². The predicted molar refractivity (Wildman–Crippen MR) is 78.1 cm³/mol. The van der Waals surface area contributed by atoms with Crippen molar-refractivity contribution < 1.29 is 0 Å². The minimum Gasteiger partial charge on any atom is -0.354 e. The molecule has 0 amide bonds. The molecule has 0 radical (unpaired) electrons. The number of nitrogens with one attached hydrogen (secondary N) is 1. The Morgan fingerprint density at radius 1 is 1.28 bits per heavy atom. The minimum atomic E-state index is 0.446. The number of hydrogen-bond acceptors (Lipinski definition) is 4. The molecule has 0 bridgehead atoms. The van der Waals surface area contributed by atoms with Gasteiger partial charge in [0.25, 0.3) is 0 Å². The molecule has 102 valence electrons. The highest BCUT2D eigenvalue weighted by atomic mass is 15.2. The van der Waals surface area contributed by atoms with E-state index >= 15 is 0 Å². The first-order chi connectivity index (χ1) is 8.54. The molecular formula is C14H26N4. The van der Waals surface area contributed by atoms with Crippen LogP contribution in [0.15, 0.2) is 12.3 Å². The van der Waals surface area contributed by atoms with E-state index in [9.17, 15) is 0 Å². The summed E-state index contributed by atoms with van der Waals surface area (Å²) in [6.07, 6.45) is 2.91. The summed E-state index contributed by atoms with van der Waals surface area (Å²) >= 11 is 0. The van der Waals surface area contributed by atoms with Gasteiger partial charge in [0.15, 0.2) is 0 Å². The van der Waals surface area contributed by atoms with E-state index < -0.39 is 0 Å². The third-order valence-corrected chi connectivity index (χ3v) is 2.65. The molecule has 0 atom stereocenters. The molecule has 0 aromatic carbocycles. The van der Waals surface area contributed by atoms with Crippen LogP contribution in [0, 0.1) is 5.92 Å². The lowest BCUT2D eigenvalue weighted by molar-refractivity contribution is 0.566. The van der Waals surface area contributed by atoms with Crippen molar-refractivity contribution >= 4 is 11.8 Å². The Morgan fingerprint density at radius 2 is 2.00 bits per heavy atom. The van der Waals surface area contributed by atoms with Gasteiger partial charge >= 0.3 is 0 Å². The molecule has 0 fully saturated rings. The molecule has 4 heteroatoms. The van der Waals surface area contributed by atoms with Crippen molar-refractivity contribution in [2.24, 2.45) is 5.92 Å². The van der Waals surface area contributed by atoms with Crippen LogP contribution in [0.5, 0.6) is 0 Å². The van der Waals surface area contributed by atoms with E-state index in [0.717, 1.165) is 31.3 Å². The second-order valence-electron chi connectivity index (χ2n) is 5.31. The standard InChI is InChI=1S/C14H26N4/c1-6-8-15-14-16-9-7-13(17-14)18(12(4)5)10-11(2)3/h7,9,11-12H,6,8,10H2,1-5H3,(H,15,16,17). The van der Waals surface area contributed by atoms with E-state index in [4.69, 9.17) is 0 Å².